The SMILES string of the molecule is COc1cc(C)c2c(c1)C(C)(C)CN2. The van der Waals surface area contributed by atoms with Gasteiger partial charge < -0.3 is 10.1 Å². The molecule has 0 amide bonds. The number of hydrogen-bond donors (Lipinski definition) is 1. The van der Waals surface area contributed by atoms with Crippen molar-refractivity contribution in [2.75, 3.05) is 19.0 Å². The Kier molecular flexibility index (Phi) is 1.95. The summed E-state index contributed by atoms with van der Waals surface area (Å²) in [5.41, 5.74) is 4.14. The van der Waals surface area contributed by atoms with Crippen LogP contribution >= 0.6 is 0 Å². The van der Waals surface area contributed by atoms with Gasteiger partial charge in [0.15, 0.2) is 0 Å². The standard InChI is InChI=1S/C12H17NO/c1-8-5-9(14-4)6-10-11(8)13-7-12(10,2)3/h5-6,13H,7H2,1-4H3. The number of benzene rings is 1. The van der Waals surface area contributed by atoms with E-state index in [-0.39, 0.29) is 5.41 Å². The number of hydrogen-bond acceptors (Lipinski definition) is 2. The van der Waals surface area contributed by atoms with Gasteiger partial charge in [-0.3, -0.25) is 0 Å². The molecule has 0 spiro atoms. The van der Waals surface area contributed by atoms with Gasteiger partial charge in [0, 0.05) is 17.6 Å². The second-order valence-electron chi connectivity index (χ2n) is 4.60. The van der Waals surface area contributed by atoms with Crippen molar-refractivity contribution in [1.29, 1.82) is 0 Å². The Bertz CT molecular complexity index is 369. The first kappa shape index (κ1) is 9.38. The summed E-state index contributed by atoms with van der Waals surface area (Å²) in [6.45, 7) is 7.64. The Morgan fingerprint density at radius 1 is 1.36 bits per heavy atom. The Labute approximate surface area is 85.3 Å². The fourth-order valence-electron chi connectivity index (χ4n) is 2.04. The van der Waals surface area contributed by atoms with Gasteiger partial charge in [0.05, 0.1) is 7.11 Å². The van der Waals surface area contributed by atoms with Crippen LogP contribution in [-0.4, -0.2) is 13.7 Å². The van der Waals surface area contributed by atoms with Crippen LogP contribution in [0.1, 0.15) is 25.0 Å². The van der Waals surface area contributed by atoms with Crippen molar-refractivity contribution in [3.63, 3.8) is 0 Å². The second kappa shape index (κ2) is 2.91. The van der Waals surface area contributed by atoms with Gasteiger partial charge in [-0.2, -0.15) is 0 Å². The largest absolute Gasteiger partial charge is 0.497 e. The van der Waals surface area contributed by atoms with Crippen LogP contribution in [-0.2, 0) is 5.41 Å². The molecule has 0 bridgehead atoms. The molecule has 2 heteroatoms. The first-order valence-corrected chi connectivity index (χ1v) is 4.97. The average molecular weight is 191 g/mol. The molecular weight excluding hydrogens is 174 g/mol. The highest BCUT2D eigenvalue weighted by Gasteiger charge is 2.31. The molecular formula is C12H17NO. The zero-order valence-corrected chi connectivity index (χ0v) is 9.27. The van der Waals surface area contributed by atoms with Gasteiger partial charge >= 0.3 is 0 Å². The zero-order valence-electron chi connectivity index (χ0n) is 9.27. The lowest BCUT2D eigenvalue weighted by Gasteiger charge is -2.18. The Morgan fingerprint density at radius 2 is 2.07 bits per heavy atom. The third kappa shape index (κ3) is 1.26. The Hall–Kier alpha value is -1.18. The predicted molar refractivity (Wildman–Crippen MR) is 59.2 cm³/mol. The highest BCUT2D eigenvalue weighted by molar-refractivity contribution is 5.66. The minimum atomic E-state index is 0.217. The highest BCUT2D eigenvalue weighted by atomic mass is 16.5. The van der Waals surface area contributed by atoms with Crippen LogP contribution in [0, 0.1) is 6.92 Å². The molecule has 1 N–H and O–H groups in total. The van der Waals surface area contributed by atoms with Gasteiger partial charge in [-0.25, -0.2) is 0 Å². The number of rotatable bonds is 1. The lowest BCUT2D eigenvalue weighted by molar-refractivity contribution is 0.413. The minimum Gasteiger partial charge on any atom is -0.497 e. The summed E-state index contributed by atoms with van der Waals surface area (Å²) in [5, 5.41) is 3.45. The lowest BCUT2D eigenvalue weighted by atomic mass is 9.86. The molecule has 1 aromatic rings. The molecule has 0 radical (unpaired) electrons. The molecule has 0 aliphatic carbocycles. The van der Waals surface area contributed by atoms with Crippen molar-refractivity contribution in [3.8, 4) is 5.75 Å². The third-order valence-electron chi connectivity index (χ3n) is 2.98. The monoisotopic (exact) mass is 191 g/mol. The van der Waals surface area contributed by atoms with Crippen molar-refractivity contribution >= 4 is 5.69 Å². The maximum atomic E-state index is 5.29. The van der Waals surface area contributed by atoms with E-state index in [2.05, 4.69) is 38.2 Å². The molecule has 0 saturated carbocycles. The zero-order chi connectivity index (χ0) is 10.3. The molecule has 0 fully saturated rings. The summed E-state index contributed by atoms with van der Waals surface area (Å²) in [5.74, 6) is 0.957. The summed E-state index contributed by atoms with van der Waals surface area (Å²) in [6.07, 6.45) is 0. The van der Waals surface area contributed by atoms with Crippen molar-refractivity contribution in [2.24, 2.45) is 0 Å². The van der Waals surface area contributed by atoms with Gasteiger partial charge in [0.25, 0.3) is 0 Å². The smallest absolute Gasteiger partial charge is 0.119 e. The predicted octanol–water partition coefficient (Wildman–Crippen LogP) is 2.71. The van der Waals surface area contributed by atoms with Crippen molar-refractivity contribution in [3.05, 3.63) is 23.3 Å². The molecule has 76 valence electrons. The van der Waals surface area contributed by atoms with Gasteiger partial charge in [0.2, 0.25) is 0 Å². The molecule has 0 aromatic heterocycles. The summed E-state index contributed by atoms with van der Waals surface area (Å²) in [4.78, 5) is 0. The van der Waals surface area contributed by atoms with E-state index in [1.165, 1.54) is 16.8 Å². The van der Waals surface area contributed by atoms with Gasteiger partial charge in [-0.15, -0.1) is 0 Å². The van der Waals surface area contributed by atoms with E-state index in [1.54, 1.807) is 7.11 Å². The highest BCUT2D eigenvalue weighted by Crippen LogP contribution is 2.40. The van der Waals surface area contributed by atoms with E-state index < -0.39 is 0 Å². The second-order valence-corrected chi connectivity index (χ2v) is 4.60. The van der Waals surface area contributed by atoms with Crippen LogP contribution in [0.25, 0.3) is 0 Å². The molecule has 0 saturated heterocycles. The van der Waals surface area contributed by atoms with Crippen molar-refractivity contribution < 1.29 is 4.74 Å². The van der Waals surface area contributed by atoms with E-state index >= 15 is 0 Å². The lowest BCUT2D eigenvalue weighted by Crippen LogP contribution is -2.18. The summed E-state index contributed by atoms with van der Waals surface area (Å²) in [6, 6.07) is 4.22. The Balaban J connectivity index is 2.59. The van der Waals surface area contributed by atoms with E-state index in [4.69, 9.17) is 4.74 Å². The topological polar surface area (TPSA) is 21.3 Å². The molecule has 2 rings (SSSR count). The number of nitrogens with one attached hydrogen (secondary N) is 1. The quantitative estimate of drug-likeness (QED) is 0.737. The van der Waals surface area contributed by atoms with Crippen molar-refractivity contribution in [2.45, 2.75) is 26.2 Å². The molecule has 1 aromatic carbocycles. The first-order chi connectivity index (χ1) is 6.54. The maximum absolute atomic E-state index is 5.29. The molecule has 2 nitrogen and oxygen atoms in total. The first-order valence-electron chi connectivity index (χ1n) is 4.97. The summed E-state index contributed by atoms with van der Waals surface area (Å²) >= 11 is 0. The molecule has 0 atom stereocenters. The van der Waals surface area contributed by atoms with E-state index in [1.807, 2.05) is 0 Å². The van der Waals surface area contributed by atoms with Crippen LogP contribution < -0.4 is 10.1 Å². The van der Waals surface area contributed by atoms with Crippen LogP contribution in [0.5, 0.6) is 5.75 Å². The summed E-state index contributed by atoms with van der Waals surface area (Å²) < 4.78 is 5.29. The van der Waals surface area contributed by atoms with Crippen LogP contribution in [0.3, 0.4) is 0 Å². The molecule has 1 heterocycles. The van der Waals surface area contributed by atoms with Crippen LogP contribution in [0.2, 0.25) is 0 Å². The molecule has 1 aliphatic heterocycles. The van der Waals surface area contributed by atoms with Crippen LogP contribution in [0.4, 0.5) is 5.69 Å². The fourth-order valence-corrected chi connectivity index (χ4v) is 2.04. The molecule has 1 aliphatic rings. The third-order valence-corrected chi connectivity index (χ3v) is 2.98. The normalized spacial score (nSPS) is 17.4. The molecule has 0 unspecified atom stereocenters. The molecule has 14 heavy (non-hydrogen) atoms. The number of aryl methyl sites for hydroxylation is 1. The average Bonchev–Trinajstić information content (AvgIpc) is 2.43. The van der Waals surface area contributed by atoms with E-state index in [9.17, 15) is 0 Å². The maximum Gasteiger partial charge on any atom is 0.119 e. The Morgan fingerprint density at radius 3 is 2.71 bits per heavy atom. The van der Waals surface area contributed by atoms with E-state index in [0.717, 1.165) is 12.3 Å². The number of ether oxygens (including phenoxy) is 1. The van der Waals surface area contributed by atoms with Gasteiger partial charge in [0.1, 0.15) is 5.75 Å². The minimum absolute atomic E-state index is 0.217. The van der Waals surface area contributed by atoms with Crippen molar-refractivity contribution in [1.82, 2.24) is 0 Å². The van der Waals surface area contributed by atoms with Crippen LogP contribution in [0.15, 0.2) is 12.1 Å². The van der Waals surface area contributed by atoms with Gasteiger partial charge in [-0.05, 0) is 30.2 Å². The number of fused-ring (bicyclic) bond motifs is 1. The number of anilines is 1. The number of methoxy groups -OCH3 is 1. The van der Waals surface area contributed by atoms with E-state index in [0.29, 0.717) is 0 Å². The van der Waals surface area contributed by atoms with Gasteiger partial charge in [-0.1, -0.05) is 13.8 Å². The fraction of sp³-hybridized carbons (Fsp3) is 0.500. The summed E-state index contributed by atoms with van der Waals surface area (Å²) in [7, 11) is 1.72.